The minimum absolute atomic E-state index is 0.137. The number of hydrogen-bond acceptors (Lipinski definition) is 8. The van der Waals surface area contributed by atoms with Crippen LogP contribution in [-0.2, 0) is 29.2 Å². The maximum Gasteiger partial charge on any atom is 0.241 e. The van der Waals surface area contributed by atoms with Crippen molar-refractivity contribution < 1.29 is 23.8 Å². The van der Waals surface area contributed by atoms with E-state index in [-0.39, 0.29) is 24.6 Å². The fraction of sp³-hybridized carbons (Fsp3) is 0.355. The SMILES string of the molecule is CNC(C)C(=O)Nc1cc(COC)cc(COc2cc(NCC3Cc4ccccc4N3C)c(C=O)cc2OC)c1. The molecule has 3 N–H and O–H groups in total. The summed E-state index contributed by atoms with van der Waals surface area (Å²) in [5, 5.41) is 9.34. The molecular formula is C31H38N4O5. The van der Waals surface area contributed by atoms with Crippen molar-refractivity contribution in [2.24, 2.45) is 0 Å². The van der Waals surface area contributed by atoms with E-state index in [0.29, 0.717) is 41.6 Å². The van der Waals surface area contributed by atoms with Crippen LogP contribution in [-0.4, -0.2) is 59.1 Å². The molecule has 9 heteroatoms. The van der Waals surface area contributed by atoms with Crippen LogP contribution in [0.2, 0.25) is 0 Å². The number of ether oxygens (including phenoxy) is 3. The Hall–Kier alpha value is -4.08. The number of methoxy groups -OCH3 is 2. The molecule has 0 aromatic heterocycles. The Labute approximate surface area is 235 Å². The van der Waals surface area contributed by atoms with Crippen LogP contribution in [0, 0.1) is 0 Å². The summed E-state index contributed by atoms with van der Waals surface area (Å²) in [5.74, 6) is 0.828. The number of para-hydroxylation sites is 1. The predicted molar refractivity (Wildman–Crippen MR) is 158 cm³/mol. The number of nitrogens with one attached hydrogen (secondary N) is 3. The molecule has 40 heavy (non-hydrogen) atoms. The molecule has 4 rings (SSSR count). The number of likely N-dealkylation sites (N-methyl/N-ethyl adjacent to an activating group) is 2. The van der Waals surface area contributed by atoms with E-state index in [1.165, 1.54) is 11.3 Å². The van der Waals surface area contributed by atoms with Crippen molar-refractivity contribution in [1.29, 1.82) is 0 Å². The second-order valence-electron chi connectivity index (χ2n) is 9.95. The predicted octanol–water partition coefficient (Wildman–Crippen LogP) is 4.25. The zero-order chi connectivity index (χ0) is 28.6. The van der Waals surface area contributed by atoms with E-state index in [1.54, 1.807) is 40.3 Å². The van der Waals surface area contributed by atoms with E-state index >= 15 is 0 Å². The molecule has 3 aromatic carbocycles. The fourth-order valence-corrected chi connectivity index (χ4v) is 4.86. The Morgan fingerprint density at radius 2 is 1.82 bits per heavy atom. The largest absolute Gasteiger partial charge is 0.493 e. The Morgan fingerprint density at radius 1 is 1.07 bits per heavy atom. The van der Waals surface area contributed by atoms with Crippen molar-refractivity contribution in [2.75, 3.05) is 50.4 Å². The van der Waals surface area contributed by atoms with Gasteiger partial charge in [0.05, 0.1) is 25.8 Å². The number of anilines is 3. The van der Waals surface area contributed by atoms with Crippen LogP contribution in [0.1, 0.15) is 34.0 Å². The Bertz CT molecular complexity index is 1350. The molecule has 2 unspecified atom stereocenters. The number of aldehydes is 1. The lowest BCUT2D eigenvalue weighted by molar-refractivity contribution is -0.117. The minimum atomic E-state index is -0.338. The standard InChI is InChI=1S/C31H38N4O5/c1-20(32-2)31(37)34-25-11-21(18-38-4)10-22(12-25)19-40-30-15-27(24(17-36)14-29(30)39-5)33-16-26-13-23-8-6-7-9-28(23)35(26)3/h6-12,14-15,17,20,26,32-33H,13,16,18-19H2,1-5H3,(H,34,37). The number of amides is 1. The summed E-state index contributed by atoms with van der Waals surface area (Å²) in [7, 11) is 7.00. The minimum Gasteiger partial charge on any atom is -0.493 e. The maximum atomic E-state index is 12.4. The summed E-state index contributed by atoms with van der Waals surface area (Å²) in [5.41, 5.74) is 6.14. The third-order valence-corrected chi connectivity index (χ3v) is 7.22. The van der Waals surface area contributed by atoms with Crippen molar-refractivity contribution in [3.8, 4) is 11.5 Å². The number of carbonyl (C=O) groups is 2. The summed E-state index contributed by atoms with van der Waals surface area (Å²) in [6, 6.07) is 17.5. The van der Waals surface area contributed by atoms with Gasteiger partial charge in [-0.05, 0) is 67.4 Å². The second-order valence-corrected chi connectivity index (χ2v) is 9.95. The van der Waals surface area contributed by atoms with E-state index in [2.05, 4.69) is 46.1 Å². The van der Waals surface area contributed by atoms with Gasteiger partial charge in [0.2, 0.25) is 5.91 Å². The van der Waals surface area contributed by atoms with Gasteiger partial charge in [-0.15, -0.1) is 0 Å². The van der Waals surface area contributed by atoms with E-state index in [9.17, 15) is 9.59 Å². The highest BCUT2D eigenvalue weighted by atomic mass is 16.5. The molecule has 1 amide bonds. The molecule has 2 atom stereocenters. The smallest absolute Gasteiger partial charge is 0.241 e. The quantitative estimate of drug-likeness (QED) is 0.274. The van der Waals surface area contributed by atoms with Crippen molar-refractivity contribution in [3.63, 3.8) is 0 Å². The third kappa shape index (κ3) is 6.73. The summed E-state index contributed by atoms with van der Waals surface area (Å²) in [6.45, 7) is 3.07. The van der Waals surface area contributed by atoms with E-state index in [4.69, 9.17) is 14.2 Å². The van der Waals surface area contributed by atoms with Gasteiger partial charge in [0.15, 0.2) is 17.8 Å². The van der Waals surface area contributed by atoms with Gasteiger partial charge in [-0.1, -0.05) is 18.2 Å². The molecule has 0 saturated carbocycles. The van der Waals surface area contributed by atoms with Crippen molar-refractivity contribution in [2.45, 2.75) is 38.6 Å². The zero-order valence-corrected chi connectivity index (χ0v) is 23.7. The summed E-state index contributed by atoms with van der Waals surface area (Å²) < 4.78 is 17.1. The van der Waals surface area contributed by atoms with Crippen LogP contribution >= 0.6 is 0 Å². The first-order chi connectivity index (χ1) is 19.4. The lowest BCUT2D eigenvalue weighted by Crippen LogP contribution is -2.35. The molecule has 0 spiro atoms. The van der Waals surface area contributed by atoms with Gasteiger partial charge < -0.3 is 35.1 Å². The van der Waals surface area contributed by atoms with Gasteiger partial charge in [-0.25, -0.2) is 0 Å². The number of fused-ring (bicyclic) bond motifs is 1. The molecule has 0 fully saturated rings. The Kier molecular flexibility index (Phi) is 9.63. The molecule has 1 heterocycles. The third-order valence-electron chi connectivity index (χ3n) is 7.22. The summed E-state index contributed by atoms with van der Waals surface area (Å²) in [4.78, 5) is 26.6. The van der Waals surface area contributed by atoms with Gasteiger partial charge in [0, 0.05) is 49.4 Å². The molecule has 0 radical (unpaired) electrons. The lowest BCUT2D eigenvalue weighted by atomic mass is 10.1. The van der Waals surface area contributed by atoms with Crippen LogP contribution in [0.25, 0.3) is 0 Å². The van der Waals surface area contributed by atoms with Crippen molar-refractivity contribution in [3.05, 3.63) is 76.9 Å². The van der Waals surface area contributed by atoms with Crippen molar-refractivity contribution in [1.82, 2.24) is 5.32 Å². The molecule has 0 aliphatic carbocycles. The fourth-order valence-electron chi connectivity index (χ4n) is 4.86. The molecular weight excluding hydrogens is 508 g/mol. The van der Waals surface area contributed by atoms with Gasteiger partial charge >= 0.3 is 0 Å². The van der Waals surface area contributed by atoms with E-state index in [1.807, 2.05) is 24.3 Å². The lowest BCUT2D eigenvalue weighted by Gasteiger charge is -2.24. The molecule has 9 nitrogen and oxygen atoms in total. The highest BCUT2D eigenvalue weighted by molar-refractivity contribution is 5.94. The molecule has 1 aliphatic rings. The summed E-state index contributed by atoms with van der Waals surface area (Å²) in [6.07, 6.45) is 1.75. The second kappa shape index (κ2) is 13.3. The Morgan fingerprint density at radius 3 is 2.50 bits per heavy atom. The highest BCUT2D eigenvalue weighted by Crippen LogP contribution is 2.35. The van der Waals surface area contributed by atoms with Gasteiger partial charge in [-0.2, -0.15) is 0 Å². The van der Waals surface area contributed by atoms with Gasteiger partial charge in [-0.3, -0.25) is 9.59 Å². The monoisotopic (exact) mass is 546 g/mol. The van der Waals surface area contributed by atoms with Crippen LogP contribution in [0.3, 0.4) is 0 Å². The number of nitrogens with zero attached hydrogens (tertiary/aromatic N) is 1. The van der Waals surface area contributed by atoms with E-state index in [0.717, 1.165) is 23.8 Å². The van der Waals surface area contributed by atoms with Crippen LogP contribution in [0.5, 0.6) is 11.5 Å². The van der Waals surface area contributed by atoms with E-state index < -0.39 is 0 Å². The molecule has 1 aliphatic heterocycles. The zero-order valence-electron chi connectivity index (χ0n) is 23.7. The first-order valence-corrected chi connectivity index (χ1v) is 13.3. The normalized spacial score (nSPS) is 14.8. The number of benzene rings is 3. The van der Waals surface area contributed by atoms with Crippen molar-refractivity contribution >= 4 is 29.3 Å². The topological polar surface area (TPSA) is 101 Å². The van der Waals surface area contributed by atoms with Crippen LogP contribution < -0.4 is 30.3 Å². The number of rotatable bonds is 13. The highest BCUT2D eigenvalue weighted by Gasteiger charge is 2.26. The molecule has 212 valence electrons. The molecule has 0 saturated heterocycles. The first-order valence-electron chi connectivity index (χ1n) is 13.3. The maximum absolute atomic E-state index is 12.4. The average molecular weight is 547 g/mol. The van der Waals surface area contributed by atoms with Gasteiger partial charge in [0.25, 0.3) is 0 Å². The first kappa shape index (κ1) is 28.9. The number of carbonyl (C=O) groups excluding carboxylic acids is 2. The van der Waals surface area contributed by atoms with Gasteiger partial charge in [0.1, 0.15) is 6.61 Å². The number of hydrogen-bond donors (Lipinski definition) is 3. The Balaban J connectivity index is 1.51. The molecule has 0 bridgehead atoms. The van der Waals surface area contributed by atoms with Crippen LogP contribution in [0.4, 0.5) is 17.1 Å². The molecule has 3 aromatic rings. The summed E-state index contributed by atoms with van der Waals surface area (Å²) >= 11 is 0. The van der Waals surface area contributed by atoms with Crippen LogP contribution in [0.15, 0.2) is 54.6 Å². The average Bonchev–Trinajstić information content (AvgIpc) is 3.29.